The minimum atomic E-state index is -3.48. The van der Waals surface area contributed by atoms with Gasteiger partial charge in [-0.1, -0.05) is 32.9 Å². The lowest BCUT2D eigenvalue weighted by Crippen LogP contribution is -2.28. The summed E-state index contributed by atoms with van der Waals surface area (Å²) in [6.45, 7) is 6.55. The molecule has 0 amide bonds. The SMILES string of the molecule is CN(C)S(=O)(=O)Nc1ccc(Nc2ccc(C(C)(C)C)cc2)cc1. The number of benzene rings is 2. The third-order valence-corrected chi connectivity index (χ3v) is 5.11. The third kappa shape index (κ3) is 4.72. The van der Waals surface area contributed by atoms with E-state index in [0.29, 0.717) is 5.69 Å². The third-order valence-electron chi connectivity index (χ3n) is 3.65. The van der Waals surface area contributed by atoms with Gasteiger partial charge in [0.15, 0.2) is 0 Å². The lowest BCUT2D eigenvalue weighted by molar-refractivity contribution is 0.527. The molecule has 0 fully saturated rings. The summed E-state index contributed by atoms with van der Waals surface area (Å²) in [7, 11) is -0.508. The van der Waals surface area contributed by atoms with Crippen LogP contribution in [0.5, 0.6) is 0 Å². The Hall–Kier alpha value is -2.05. The zero-order valence-electron chi connectivity index (χ0n) is 14.8. The fraction of sp³-hybridized carbons (Fsp3) is 0.333. The number of hydrogen-bond donors (Lipinski definition) is 2. The van der Waals surface area contributed by atoms with Crippen molar-refractivity contribution in [1.82, 2.24) is 4.31 Å². The first-order valence-electron chi connectivity index (χ1n) is 7.76. The number of anilines is 3. The van der Waals surface area contributed by atoms with Crippen LogP contribution in [0.2, 0.25) is 0 Å². The zero-order chi connectivity index (χ0) is 18.0. The molecule has 5 nitrogen and oxygen atoms in total. The molecule has 0 bridgehead atoms. The van der Waals surface area contributed by atoms with E-state index in [9.17, 15) is 8.42 Å². The molecular formula is C18H25N3O2S. The molecule has 0 aromatic heterocycles. The van der Waals surface area contributed by atoms with Crippen molar-refractivity contribution in [3.05, 3.63) is 54.1 Å². The van der Waals surface area contributed by atoms with Crippen LogP contribution in [0.1, 0.15) is 26.3 Å². The van der Waals surface area contributed by atoms with Crippen LogP contribution in [0, 0.1) is 0 Å². The Morgan fingerprint density at radius 1 is 0.792 bits per heavy atom. The molecule has 0 spiro atoms. The Bertz CT molecular complexity index is 775. The van der Waals surface area contributed by atoms with Gasteiger partial charge >= 0.3 is 10.2 Å². The van der Waals surface area contributed by atoms with Crippen molar-refractivity contribution in [2.75, 3.05) is 24.1 Å². The maximum Gasteiger partial charge on any atom is 0.301 e. The van der Waals surface area contributed by atoms with Gasteiger partial charge < -0.3 is 5.32 Å². The van der Waals surface area contributed by atoms with Gasteiger partial charge in [-0.15, -0.1) is 0 Å². The number of hydrogen-bond acceptors (Lipinski definition) is 3. The van der Waals surface area contributed by atoms with Crippen LogP contribution in [0.25, 0.3) is 0 Å². The quantitative estimate of drug-likeness (QED) is 0.861. The lowest BCUT2D eigenvalue weighted by Gasteiger charge is -2.19. The summed E-state index contributed by atoms with van der Waals surface area (Å²) in [5.41, 5.74) is 3.82. The second-order valence-electron chi connectivity index (χ2n) is 6.92. The van der Waals surface area contributed by atoms with Crippen LogP contribution in [0.3, 0.4) is 0 Å². The van der Waals surface area contributed by atoms with Gasteiger partial charge in [0.05, 0.1) is 0 Å². The summed E-state index contributed by atoms with van der Waals surface area (Å²) >= 11 is 0. The van der Waals surface area contributed by atoms with Crippen LogP contribution in [-0.4, -0.2) is 26.8 Å². The molecular weight excluding hydrogens is 322 g/mol. The molecule has 0 aliphatic heterocycles. The first-order chi connectivity index (χ1) is 11.1. The average molecular weight is 347 g/mol. The summed E-state index contributed by atoms with van der Waals surface area (Å²) in [4.78, 5) is 0. The summed E-state index contributed by atoms with van der Waals surface area (Å²) in [5.74, 6) is 0. The molecule has 6 heteroatoms. The summed E-state index contributed by atoms with van der Waals surface area (Å²) < 4.78 is 27.2. The second-order valence-corrected chi connectivity index (χ2v) is 8.80. The largest absolute Gasteiger partial charge is 0.356 e. The molecule has 0 unspecified atom stereocenters. The van der Waals surface area contributed by atoms with Gasteiger partial charge in [0.2, 0.25) is 0 Å². The van der Waals surface area contributed by atoms with Crippen molar-refractivity contribution in [3.63, 3.8) is 0 Å². The van der Waals surface area contributed by atoms with E-state index in [4.69, 9.17) is 0 Å². The maximum atomic E-state index is 11.8. The molecule has 2 N–H and O–H groups in total. The van der Waals surface area contributed by atoms with E-state index in [1.165, 1.54) is 19.7 Å². The van der Waals surface area contributed by atoms with Gasteiger partial charge in [0.25, 0.3) is 0 Å². The summed E-state index contributed by atoms with van der Waals surface area (Å²) in [6.07, 6.45) is 0. The highest BCUT2D eigenvalue weighted by atomic mass is 32.2. The van der Waals surface area contributed by atoms with Crippen LogP contribution in [-0.2, 0) is 15.6 Å². The summed E-state index contributed by atoms with van der Waals surface area (Å²) in [5, 5.41) is 3.31. The fourth-order valence-corrected chi connectivity index (χ4v) is 2.70. The summed E-state index contributed by atoms with van der Waals surface area (Å²) in [6, 6.07) is 15.5. The predicted octanol–water partition coefficient (Wildman–Crippen LogP) is 3.95. The van der Waals surface area contributed by atoms with E-state index in [1.807, 2.05) is 24.3 Å². The first-order valence-corrected chi connectivity index (χ1v) is 9.20. The number of rotatable bonds is 5. The van der Waals surface area contributed by atoms with Crippen molar-refractivity contribution in [1.29, 1.82) is 0 Å². The highest BCUT2D eigenvalue weighted by Crippen LogP contribution is 2.25. The average Bonchev–Trinajstić information content (AvgIpc) is 2.48. The van der Waals surface area contributed by atoms with Crippen molar-refractivity contribution in [2.24, 2.45) is 0 Å². The highest BCUT2D eigenvalue weighted by molar-refractivity contribution is 7.90. The van der Waals surface area contributed by atoms with E-state index in [2.05, 4.69) is 42.9 Å². The van der Waals surface area contributed by atoms with Crippen molar-refractivity contribution in [3.8, 4) is 0 Å². The van der Waals surface area contributed by atoms with Crippen LogP contribution < -0.4 is 10.0 Å². The Kier molecular flexibility index (Phi) is 5.20. The molecule has 0 radical (unpaired) electrons. The minimum Gasteiger partial charge on any atom is -0.356 e. The molecule has 130 valence electrons. The van der Waals surface area contributed by atoms with Crippen molar-refractivity contribution in [2.45, 2.75) is 26.2 Å². The van der Waals surface area contributed by atoms with E-state index in [-0.39, 0.29) is 5.41 Å². The Labute approximate surface area is 144 Å². The molecule has 0 aliphatic carbocycles. The maximum absolute atomic E-state index is 11.8. The molecule has 0 atom stereocenters. The van der Waals surface area contributed by atoms with Crippen LogP contribution in [0.15, 0.2) is 48.5 Å². The number of nitrogens with zero attached hydrogens (tertiary/aromatic N) is 1. The van der Waals surface area contributed by atoms with Gasteiger partial charge in [-0.25, -0.2) is 0 Å². The smallest absolute Gasteiger partial charge is 0.301 e. The van der Waals surface area contributed by atoms with Crippen molar-refractivity contribution >= 4 is 27.3 Å². The Morgan fingerprint density at radius 2 is 1.21 bits per heavy atom. The molecule has 2 aromatic rings. The van der Waals surface area contributed by atoms with Gasteiger partial charge in [-0.3, -0.25) is 4.72 Å². The molecule has 0 aliphatic rings. The molecule has 24 heavy (non-hydrogen) atoms. The Morgan fingerprint density at radius 3 is 1.62 bits per heavy atom. The van der Waals surface area contributed by atoms with Crippen LogP contribution in [0.4, 0.5) is 17.1 Å². The topological polar surface area (TPSA) is 61.4 Å². The monoisotopic (exact) mass is 347 g/mol. The van der Waals surface area contributed by atoms with Crippen molar-refractivity contribution < 1.29 is 8.42 Å². The molecule has 0 heterocycles. The number of nitrogens with one attached hydrogen (secondary N) is 2. The highest BCUT2D eigenvalue weighted by Gasteiger charge is 2.13. The standard InChI is InChI=1S/C18H25N3O2S/c1-18(2,3)14-6-8-15(9-7-14)19-16-10-12-17(13-11-16)20-24(22,23)21(4)5/h6-13,19-20H,1-5H3. The molecule has 0 saturated carbocycles. The van der Waals surface area contributed by atoms with Gasteiger partial charge in [-0.2, -0.15) is 12.7 Å². The zero-order valence-corrected chi connectivity index (χ0v) is 15.6. The van der Waals surface area contributed by atoms with Crippen LogP contribution >= 0.6 is 0 Å². The minimum absolute atomic E-state index is 0.129. The van der Waals surface area contributed by atoms with Gasteiger partial charge in [0, 0.05) is 31.2 Å². The first kappa shape index (κ1) is 18.3. The van der Waals surface area contributed by atoms with E-state index < -0.39 is 10.2 Å². The predicted molar refractivity (Wildman–Crippen MR) is 101 cm³/mol. The normalized spacial score (nSPS) is 12.2. The van der Waals surface area contributed by atoms with E-state index >= 15 is 0 Å². The van der Waals surface area contributed by atoms with Gasteiger partial charge in [-0.05, 0) is 47.4 Å². The fourth-order valence-electron chi connectivity index (χ4n) is 2.08. The van der Waals surface area contributed by atoms with E-state index in [0.717, 1.165) is 15.7 Å². The lowest BCUT2D eigenvalue weighted by atomic mass is 9.87. The molecule has 2 aromatic carbocycles. The Balaban J connectivity index is 2.07. The molecule has 2 rings (SSSR count). The van der Waals surface area contributed by atoms with Gasteiger partial charge in [0.1, 0.15) is 0 Å². The van der Waals surface area contributed by atoms with E-state index in [1.54, 1.807) is 12.1 Å². The molecule has 0 saturated heterocycles. The second kappa shape index (κ2) is 6.83.